The molecule has 0 amide bonds. The molecule has 0 fully saturated rings. The van der Waals surface area contributed by atoms with Gasteiger partial charge in [-0.2, -0.15) is 0 Å². The quantitative estimate of drug-likeness (QED) is 0.762. The topological polar surface area (TPSA) is 12.0 Å². The van der Waals surface area contributed by atoms with E-state index in [1.807, 2.05) is 0 Å². The van der Waals surface area contributed by atoms with Crippen LogP contribution in [0.2, 0.25) is 0 Å². The average molecular weight is 191 g/mol. The van der Waals surface area contributed by atoms with Crippen LogP contribution in [0.25, 0.3) is 0 Å². The normalized spacial score (nSPS) is 12.9. The van der Waals surface area contributed by atoms with Crippen LogP contribution >= 0.6 is 0 Å². The first kappa shape index (κ1) is 11.1. The molecule has 1 aromatic rings. The van der Waals surface area contributed by atoms with Crippen molar-refractivity contribution in [3.63, 3.8) is 0 Å². The molecule has 1 nitrogen and oxygen atoms in total. The number of rotatable bonds is 4. The molecule has 1 rings (SSSR count). The van der Waals surface area contributed by atoms with Crippen molar-refractivity contribution in [2.24, 2.45) is 5.92 Å². The van der Waals surface area contributed by atoms with Crippen molar-refractivity contribution in [1.29, 1.82) is 0 Å². The summed E-state index contributed by atoms with van der Waals surface area (Å²) in [7, 11) is 0. The van der Waals surface area contributed by atoms with Crippen LogP contribution in [-0.4, -0.2) is 6.04 Å². The number of hydrogen-bond acceptors (Lipinski definition) is 1. The molecule has 1 heteroatoms. The summed E-state index contributed by atoms with van der Waals surface area (Å²) in [6, 6.07) is 9.00. The van der Waals surface area contributed by atoms with Gasteiger partial charge in [-0.25, -0.2) is 0 Å². The molecule has 0 saturated carbocycles. The SMILES string of the molecule is Cc1ccccc1N[C@@H](C)CC(C)C. The van der Waals surface area contributed by atoms with Crippen molar-refractivity contribution >= 4 is 5.69 Å². The molecule has 1 atom stereocenters. The molecule has 0 heterocycles. The molecule has 1 aromatic carbocycles. The zero-order valence-corrected chi connectivity index (χ0v) is 9.67. The minimum absolute atomic E-state index is 0.552. The van der Waals surface area contributed by atoms with Gasteiger partial charge in [-0.15, -0.1) is 0 Å². The van der Waals surface area contributed by atoms with Gasteiger partial charge < -0.3 is 5.32 Å². The summed E-state index contributed by atoms with van der Waals surface area (Å²) >= 11 is 0. The standard InChI is InChI=1S/C13H21N/c1-10(2)9-12(4)14-13-8-6-5-7-11(13)3/h5-8,10,12,14H,9H2,1-4H3/t12-/m0/s1. The highest BCUT2D eigenvalue weighted by Crippen LogP contribution is 2.16. The second-order valence-corrected chi connectivity index (χ2v) is 4.49. The molecule has 0 aliphatic rings. The van der Waals surface area contributed by atoms with E-state index in [1.165, 1.54) is 17.7 Å². The minimum Gasteiger partial charge on any atom is -0.382 e. The monoisotopic (exact) mass is 191 g/mol. The Kier molecular flexibility index (Phi) is 3.99. The first-order valence-corrected chi connectivity index (χ1v) is 5.41. The van der Waals surface area contributed by atoms with Gasteiger partial charge in [0.2, 0.25) is 0 Å². The van der Waals surface area contributed by atoms with Crippen molar-refractivity contribution in [2.75, 3.05) is 5.32 Å². The highest BCUT2D eigenvalue weighted by atomic mass is 14.9. The van der Waals surface area contributed by atoms with Crippen LogP contribution in [-0.2, 0) is 0 Å². The van der Waals surface area contributed by atoms with Crippen LogP contribution in [0.4, 0.5) is 5.69 Å². The second kappa shape index (κ2) is 5.04. The maximum Gasteiger partial charge on any atom is 0.0371 e. The number of anilines is 1. The van der Waals surface area contributed by atoms with Gasteiger partial charge in [0.1, 0.15) is 0 Å². The molecule has 0 radical (unpaired) electrons. The van der Waals surface area contributed by atoms with E-state index in [1.54, 1.807) is 0 Å². The van der Waals surface area contributed by atoms with Gasteiger partial charge >= 0.3 is 0 Å². The fourth-order valence-electron chi connectivity index (χ4n) is 1.77. The first-order valence-electron chi connectivity index (χ1n) is 5.41. The summed E-state index contributed by atoms with van der Waals surface area (Å²) in [5.74, 6) is 0.751. The van der Waals surface area contributed by atoms with E-state index in [9.17, 15) is 0 Å². The van der Waals surface area contributed by atoms with Crippen LogP contribution in [0.1, 0.15) is 32.8 Å². The van der Waals surface area contributed by atoms with Gasteiger partial charge in [-0.1, -0.05) is 32.0 Å². The van der Waals surface area contributed by atoms with Gasteiger partial charge in [-0.05, 0) is 37.8 Å². The molecule has 0 aliphatic carbocycles. The van der Waals surface area contributed by atoms with Crippen LogP contribution in [0.5, 0.6) is 0 Å². The van der Waals surface area contributed by atoms with E-state index < -0.39 is 0 Å². The number of para-hydroxylation sites is 1. The third kappa shape index (κ3) is 3.41. The van der Waals surface area contributed by atoms with E-state index in [2.05, 4.69) is 57.3 Å². The summed E-state index contributed by atoms with van der Waals surface area (Å²) in [5.41, 5.74) is 2.59. The van der Waals surface area contributed by atoms with Crippen LogP contribution in [0, 0.1) is 12.8 Å². The Bertz CT molecular complexity index is 278. The maximum absolute atomic E-state index is 3.54. The lowest BCUT2D eigenvalue weighted by molar-refractivity contribution is 0.539. The third-order valence-corrected chi connectivity index (χ3v) is 2.37. The lowest BCUT2D eigenvalue weighted by Crippen LogP contribution is -2.17. The molecule has 0 aromatic heterocycles. The average Bonchev–Trinajstić information content (AvgIpc) is 2.07. The fraction of sp³-hybridized carbons (Fsp3) is 0.538. The Hall–Kier alpha value is -0.980. The molecule has 0 aliphatic heterocycles. The Morgan fingerprint density at radius 2 is 1.79 bits per heavy atom. The van der Waals surface area contributed by atoms with Gasteiger partial charge in [-0.3, -0.25) is 0 Å². The largest absolute Gasteiger partial charge is 0.382 e. The highest BCUT2D eigenvalue weighted by Gasteiger charge is 2.05. The molecule has 1 N–H and O–H groups in total. The van der Waals surface area contributed by atoms with Crippen molar-refractivity contribution < 1.29 is 0 Å². The Balaban J connectivity index is 2.56. The molecule has 0 saturated heterocycles. The van der Waals surface area contributed by atoms with E-state index in [0.717, 1.165) is 5.92 Å². The molecule has 78 valence electrons. The zero-order chi connectivity index (χ0) is 10.6. The number of aryl methyl sites for hydroxylation is 1. The molecular formula is C13H21N. The predicted molar refractivity (Wildman–Crippen MR) is 63.7 cm³/mol. The summed E-state index contributed by atoms with van der Waals surface area (Å²) in [5, 5.41) is 3.54. The summed E-state index contributed by atoms with van der Waals surface area (Å²) in [4.78, 5) is 0. The Morgan fingerprint density at radius 1 is 1.14 bits per heavy atom. The second-order valence-electron chi connectivity index (χ2n) is 4.49. The van der Waals surface area contributed by atoms with Gasteiger partial charge in [0, 0.05) is 11.7 Å². The number of nitrogens with one attached hydrogen (secondary N) is 1. The van der Waals surface area contributed by atoms with E-state index in [0.29, 0.717) is 6.04 Å². The maximum atomic E-state index is 3.54. The van der Waals surface area contributed by atoms with Gasteiger partial charge in [0.15, 0.2) is 0 Å². The molecular weight excluding hydrogens is 170 g/mol. The molecule has 0 bridgehead atoms. The Morgan fingerprint density at radius 3 is 2.36 bits per heavy atom. The van der Waals surface area contributed by atoms with Crippen molar-refractivity contribution in [2.45, 2.75) is 40.2 Å². The molecule has 0 spiro atoms. The highest BCUT2D eigenvalue weighted by molar-refractivity contribution is 5.50. The van der Waals surface area contributed by atoms with Crippen LogP contribution in [0.3, 0.4) is 0 Å². The first-order chi connectivity index (χ1) is 6.59. The lowest BCUT2D eigenvalue weighted by atomic mass is 10.0. The smallest absolute Gasteiger partial charge is 0.0371 e. The number of hydrogen-bond donors (Lipinski definition) is 1. The zero-order valence-electron chi connectivity index (χ0n) is 9.67. The van der Waals surface area contributed by atoms with Crippen molar-refractivity contribution in [3.8, 4) is 0 Å². The fourth-order valence-corrected chi connectivity index (χ4v) is 1.77. The number of benzene rings is 1. The van der Waals surface area contributed by atoms with Crippen molar-refractivity contribution in [1.82, 2.24) is 0 Å². The van der Waals surface area contributed by atoms with E-state index >= 15 is 0 Å². The summed E-state index contributed by atoms with van der Waals surface area (Å²) in [6.45, 7) is 8.91. The minimum atomic E-state index is 0.552. The van der Waals surface area contributed by atoms with Crippen LogP contribution < -0.4 is 5.32 Å². The molecule has 14 heavy (non-hydrogen) atoms. The van der Waals surface area contributed by atoms with Gasteiger partial charge in [0.05, 0.1) is 0 Å². The summed E-state index contributed by atoms with van der Waals surface area (Å²) in [6.07, 6.45) is 1.22. The summed E-state index contributed by atoms with van der Waals surface area (Å²) < 4.78 is 0. The van der Waals surface area contributed by atoms with Gasteiger partial charge in [0.25, 0.3) is 0 Å². The van der Waals surface area contributed by atoms with E-state index in [-0.39, 0.29) is 0 Å². The molecule has 0 unspecified atom stereocenters. The van der Waals surface area contributed by atoms with Crippen LogP contribution in [0.15, 0.2) is 24.3 Å². The van der Waals surface area contributed by atoms with Crippen molar-refractivity contribution in [3.05, 3.63) is 29.8 Å². The van der Waals surface area contributed by atoms with E-state index in [4.69, 9.17) is 0 Å². The Labute approximate surface area is 87.5 Å². The lowest BCUT2D eigenvalue weighted by Gasteiger charge is -2.18. The third-order valence-electron chi connectivity index (χ3n) is 2.37. The predicted octanol–water partition coefficient (Wildman–Crippen LogP) is 3.84.